The number of imide groups is 1. The minimum atomic E-state index is -0.173. The van der Waals surface area contributed by atoms with Gasteiger partial charge in [0.15, 0.2) is 0 Å². The van der Waals surface area contributed by atoms with E-state index in [1.165, 1.54) is 56.3 Å². The molecule has 1 heterocycles. The lowest BCUT2D eigenvalue weighted by Crippen LogP contribution is -2.54. The van der Waals surface area contributed by atoms with Crippen LogP contribution in [0.4, 0.5) is 4.79 Å². The quantitative estimate of drug-likeness (QED) is 0.484. The summed E-state index contributed by atoms with van der Waals surface area (Å²) in [4.78, 5) is 25.8. The molecule has 0 atom stereocenters. The first-order valence-electron chi connectivity index (χ1n) is 9.80. The number of carbonyl (C=O) groups excluding carboxylic acids is 2. The van der Waals surface area contributed by atoms with Gasteiger partial charge >= 0.3 is 6.03 Å². The maximum atomic E-state index is 12.2. The largest absolute Gasteiger partial charge is 0.337 e. The van der Waals surface area contributed by atoms with E-state index in [0.29, 0.717) is 13.0 Å². The van der Waals surface area contributed by atoms with Crippen molar-refractivity contribution in [2.45, 2.75) is 103 Å². The van der Waals surface area contributed by atoms with Crippen molar-refractivity contribution in [1.29, 1.82) is 0 Å². The van der Waals surface area contributed by atoms with Crippen molar-refractivity contribution in [1.82, 2.24) is 10.2 Å². The van der Waals surface area contributed by atoms with Crippen LogP contribution in [-0.2, 0) is 4.79 Å². The molecule has 4 nitrogen and oxygen atoms in total. The molecule has 0 saturated carbocycles. The highest BCUT2D eigenvalue weighted by Crippen LogP contribution is 2.20. The van der Waals surface area contributed by atoms with Gasteiger partial charge in [-0.05, 0) is 12.8 Å². The predicted octanol–water partition coefficient (Wildman–Crippen LogP) is 5.02. The van der Waals surface area contributed by atoms with Crippen LogP contribution in [0.3, 0.4) is 0 Å². The molecule has 0 unspecified atom stereocenters. The Morgan fingerprint density at radius 1 is 0.870 bits per heavy atom. The Labute approximate surface area is 142 Å². The maximum absolute atomic E-state index is 12.2. The first-order chi connectivity index (χ1) is 11.2. The standard InChI is InChI=1S/C19H36N2O2/c1-3-5-7-9-11-13-17(14-12-10-8-6-4-2)21-18(22)15-16-20-19(21)23/h17H,3-16H2,1-2H3,(H,20,23). The lowest BCUT2D eigenvalue weighted by Gasteiger charge is -2.33. The SMILES string of the molecule is CCCCCCCC(CCCCCCC)N1C(=O)CCNC1=O. The summed E-state index contributed by atoms with van der Waals surface area (Å²) in [5.74, 6) is 0.0147. The summed E-state index contributed by atoms with van der Waals surface area (Å²) in [6.45, 7) is 4.93. The molecule has 0 aliphatic carbocycles. The van der Waals surface area contributed by atoms with Crippen LogP contribution in [0.5, 0.6) is 0 Å². The van der Waals surface area contributed by atoms with Crippen LogP contribution in [0, 0.1) is 0 Å². The zero-order valence-corrected chi connectivity index (χ0v) is 15.2. The number of nitrogens with one attached hydrogen (secondary N) is 1. The van der Waals surface area contributed by atoms with Gasteiger partial charge in [-0.25, -0.2) is 4.79 Å². The third-order valence-corrected chi connectivity index (χ3v) is 4.75. The van der Waals surface area contributed by atoms with Gasteiger partial charge in [-0.2, -0.15) is 0 Å². The Balaban J connectivity index is 2.45. The topological polar surface area (TPSA) is 49.4 Å². The van der Waals surface area contributed by atoms with Crippen molar-refractivity contribution in [3.8, 4) is 0 Å². The number of unbranched alkanes of at least 4 members (excludes halogenated alkanes) is 8. The summed E-state index contributed by atoms with van der Waals surface area (Å²) in [6.07, 6.45) is 14.6. The van der Waals surface area contributed by atoms with E-state index in [9.17, 15) is 9.59 Å². The minimum Gasteiger partial charge on any atom is -0.337 e. The van der Waals surface area contributed by atoms with Crippen LogP contribution in [0.1, 0.15) is 97.3 Å². The van der Waals surface area contributed by atoms with Crippen molar-refractivity contribution in [3.05, 3.63) is 0 Å². The second-order valence-corrected chi connectivity index (χ2v) is 6.81. The molecule has 1 N–H and O–H groups in total. The number of urea groups is 1. The van der Waals surface area contributed by atoms with Crippen molar-refractivity contribution >= 4 is 11.9 Å². The Morgan fingerprint density at radius 2 is 1.39 bits per heavy atom. The Hall–Kier alpha value is -1.06. The van der Waals surface area contributed by atoms with Crippen LogP contribution < -0.4 is 5.32 Å². The van der Waals surface area contributed by atoms with Gasteiger partial charge in [0.2, 0.25) is 5.91 Å². The zero-order valence-electron chi connectivity index (χ0n) is 15.2. The first-order valence-corrected chi connectivity index (χ1v) is 9.80. The molecule has 0 bridgehead atoms. The molecular formula is C19H36N2O2. The van der Waals surface area contributed by atoms with E-state index in [-0.39, 0.29) is 18.0 Å². The van der Waals surface area contributed by atoms with Gasteiger partial charge in [-0.3, -0.25) is 9.69 Å². The number of hydrogen-bond donors (Lipinski definition) is 1. The normalized spacial score (nSPS) is 15.3. The van der Waals surface area contributed by atoms with E-state index >= 15 is 0 Å². The van der Waals surface area contributed by atoms with E-state index in [1.807, 2.05) is 0 Å². The van der Waals surface area contributed by atoms with E-state index < -0.39 is 0 Å². The molecule has 1 aliphatic heterocycles. The van der Waals surface area contributed by atoms with Crippen LogP contribution in [0.25, 0.3) is 0 Å². The summed E-state index contributed by atoms with van der Waals surface area (Å²) >= 11 is 0. The lowest BCUT2D eigenvalue weighted by atomic mass is 9.98. The first kappa shape index (κ1) is 20.0. The molecule has 1 fully saturated rings. The third kappa shape index (κ3) is 7.85. The molecule has 4 heteroatoms. The maximum Gasteiger partial charge on any atom is 0.324 e. The average molecular weight is 325 g/mol. The lowest BCUT2D eigenvalue weighted by molar-refractivity contribution is -0.131. The fourth-order valence-electron chi connectivity index (χ4n) is 3.33. The number of rotatable bonds is 13. The van der Waals surface area contributed by atoms with Gasteiger partial charge in [0.05, 0.1) is 0 Å². The molecule has 0 spiro atoms. The highest BCUT2D eigenvalue weighted by molar-refractivity contribution is 5.97. The highest BCUT2D eigenvalue weighted by Gasteiger charge is 2.31. The molecule has 1 aliphatic rings. The smallest absolute Gasteiger partial charge is 0.324 e. The van der Waals surface area contributed by atoms with Crippen molar-refractivity contribution in [2.24, 2.45) is 0 Å². The van der Waals surface area contributed by atoms with Crippen molar-refractivity contribution in [3.63, 3.8) is 0 Å². The Morgan fingerprint density at radius 3 is 1.87 bits per heavy atom. The van der Waals surface area contributed by atoms with E-state index in [4.69, 9.17) is 0 Å². The van der Waals surface area contributed by atoms with E-state index in [1.54, 1.807) is 0 Å². The molecule has 134 valence electrons. The predicted molar refractivity (Wildman–Crippen MR) is 95.4 cm³/mol. The highest BCUT2D eigenvalue weighted by atomic mass is 16.2. The van der Waals surface area contributed by atoms with Crippen LogP contribution >= 0.6 is 0 Å². The van der Waals surface area contributed by atoms with Crippen molar-refractivity contribution in [2.75, 3.05) is 6.54 Å². The van der Waals surface area contributed by atoms with Crippen LogP contribution in [0.2, 0.25) is 0 Å². The van der Waals surface area contributed by atoms with Gasteiger partial charge in [0, 0.05) is 19.0 Å². The average Bonchev–Trinajstić information content (AvgIpc) is 2.53. The second kappa shape index (κ2) is 12.4. The van der Waals surface area contributed by atoms with E-state index in [2.05, 4.69) is 19.2 Å². The number of carbonyl (C=O) groups is 2. The second-order valence-electron chi connectivity index (χ2n) is 6.81. The molecular weight excluding hydrogens is 288 g/mol. The third-order valence-electron chi connectivity index (χ3n) is 4.75. The Kier molecular flexibility index (Phi) is 10.8. The number of hydrogen-bond acceptors (Lipinski definition) is 2. The Bertz CT molecular complexity index is 314. The van der Waals surface area contributed by atoms with Gasteiger partial charge < -0.3 is 5.32 Å². The summed E-state index contributed by atoms with van der Waals surface area (Å²) < 4.78 is 0. The molecule has 3 amide bonds. The molecule has 23 heavy (non-hydrogen) atoms. The zero-order chi connectivity index (χ0) is 16.9. The molecule has 0 radical (unpaired) electrons. The molecule has 0 aromatic heterocycles. The van der Waals surface area contributed by atoms with E-state index in [0.717, 1.165) is 25.7 Å². The fraction of sp³-hybridized carbons (Fsp3) is 0.895. The van der Waals surface area contributed by atoms with Gasteiger partial charge in [-0.15, -0.1) is 0 Å². The summed E-state index contributed by atoms with van der Waals surface area (Å²) in [5.41, 5.74) is 0. The van der Waals surface area contributed by atoms with Crippen molar-refractivity contribution < 1.29 is 9.59 Å². The van der Waals surface area contributed by atoms with Gasteiger partial charge in [0.1, 0.15) is 0 Å². The number of amides is 3. The minimum absolute atomic E-state index is 0.0147. The summed E-state index contributed by atoms with van der Waals surface area (Å²) in [7, 11) is 0. The fourth-order valence-corrected chi connectivity index (χ4v) is 3.33. The monoisotopic (exact) mass is 324 g/mol. The number of nitrogens with zero attached hydrogens (tertiary/aromatic N) is 1. The molecule has 0 aromatic rings. The molecule has 1 rings (SSSR count). The van der Waals surface area contributed by atoms with Gasteiger partial charge in [-0.1, -0.05) is 78.1 Å². The summed E-state index contributed by atoms with van der Waals surface area (Å²) in [6, 6.07) is -0.0700. The van der Waals surface area contributed by atoms with Gasteiger partial charge in [0.25, 0.3) is 0 Å². The molecule has 1 saturated heterocycles. The summed E-state index contributed by atoms with van der Waals surface area (Å²) in [5, 5.41) is 2.83. The molecule has 0 aromatic carbocycles. The van der Waals surface area contributed by atoms with Crippen LogP contribution in [-0.4, -0.2) is 29.4 Å². The van der Waals surface area contributed by atoms with Crippen LogP contribution in [0.15, 0.2) is 0 Å².